The molecule has 2 aliphatic heterocycles. The predicted octanol–water partition coefficient (Wildman–Crippen LogP) is 3.39. The predicted molar refractivity (Wildman–Crippen MR) is 114 cm³/mol. The number of carbonyl (C=O) groups is 1. The number of ether oxygens (including phenoxy) is 1. The second kappa shape index (κ2) is 8.39. The van der Waals surface area contributed by atoms with E-state index in [-0.39, 0.29) is 23.9 Å². The van der Waals surface area contributed by atoms with E-state index in [0.717, 1.165) is 30.8 Å². The van der Waals surface area contributed by atoms with Crippen molar-refractivity contribution in [3.05, 3.63) is 35.5 Å². The van der Waals surface area contributed by atoms with Crippen LogP contribution in [0.4, 0.5) is 10.2 Å². The van der Waals surface area contributed by atoms with Gasteiger partial charge in [0.05, 0.1) is 11.2 Å². The molecule has 2 aliphatic rings. The van der Waals surface area contributed by atoms with Crippen molar-refractivity contribution in [2.45, 2.75) is 37.8 Å². The number of aromatic amines is 1. The maximum atomic E-state index is 14.5. The zero-order valence-electron chi connectivity index (χ0n) is 16.8. The number of anilines is 1. The Morgan fingerprint density at radius 3 is 3.03 bits per heavy atom. The van der Waals surface area contributed by atoms with Crippen LogP contribution >= 0.6 is 11.6 Å². The Hall–Kier alpha value is -2.78. The van der Waals surface area contributed by atoms with Crippen molar-refractivity contribution in [2.24, 2.45) is 0 Å². The first-order valence-electron chi connectivity index (χ1n) is 10.4. The largest absolute Gasteiger partial charge is 0.368 e. The van der Waals surface area contributed by atoms with Crippen molar-refractivity contribution in [1.29, 1.82) is 0 Å². The Kier molecular flexibility index (Phi) is 5.45. The second-order valence-corrected chi connectivity index (χ2v) is 8.35. The van der Waals surface area contributed by atoms with Crippen LogP contribution < -0.4 is 5.32 Å². The zero-order valence-corrected chi connectivity index (χ0v) is 17.5. The molecule has 3 aromatic rings. The van der Waals surface area contributed by atoms with E-state index >= 15 is 0 Å². The van der Waals surface area contributed by atoms with Gasteiger partial charge in [-0.25, -0.2) is 19.3 Å². The molecule has 0 aromatic carbocycles. The first-order valence-corrected chi connectivity index (χ1v) is 10.8. The Morgan fingerprint density at radius 1 is 1.29 bits per heavy atom. The Balaban J connectivity index is 1.32. The number of hydrogen-bond acceptors (Lipinski definition) is 6. The number of halogens is 2. The summed E-state index contributed by atoms with van der Waals surface area (Å²) in [6.45, 7) is 1.74. The van der Waals surface area contributed by atoms with Gasteiger partial charge in [-0.2, -0.15) is 0 Å². The summed E-state index contributed by atoms with van der Waals surface area (Å²) in [6, 6.07) is 1.67. The Labute approximate surface area is 183 Å². The summed E-state index contributed by atoms with van der Waals surface area (Å²) in [6.07, 6.45) is 7.56. The van der Waals surface area contributed by atoms with Crippen molar-refractivity contribution in [3.8, 4) is 11.4 Å². The molecule has 5 heterocycles. The van der Waals surface area contributed by atoms with E-state index in [4.69, 9.17) is 16.3 Å². The average Bonchev–Trinajstić information content (AvgIpc) is 3.42. The maximum absolute atomic E-state index is 14.5. The molecule has 0 aliphatic carbocycles. The first-order chi connectivity index (χ1) is 15.1. The first kappa shape index (κ1) is 20.1. The molecule has 162 valence electrons. The smallest absolute Gasteiger partial charge is 0.251 e. The van der Waals surface area contributed by atoms with Gasteiger partial charge in [-0.1, -0.05) is 11.6 Å². The van der Waals surface area contributed by atoms with Crippen LogP contribution in [0.15, 0.2) is 24.7 Å². The molecular formula is C21H22ClFN6O2. The number of nitrogens with zero attached hydrogens (tertiary/aromatic N) is 4. The van der Waals surface area contributed by atoms with Gasteiger partial charge in [0.2, 0.25) is 0 Å². The van der Waals surface area contributed by atoms with Gasteiger partial charge in [-0.15, -0.1) is 0 Å². The van der Waals surface area contributed by atoms with E-state index in [0.29, 0.717) is 48.2 Å². The van der Waals surface area contributed by atoms with Crippen molar-refractivity contribution >= 4 is 34.4 Å². The summed E-state index contributed by atoms with van der Waals surface area (Å²) >= 11 is 6.07. The molecular weight excluding hydrogens is 423 g/mol. The molecule has 2 atom stereocenters. The molecule has 5 rings (SSSR count). The van der Waals surface area contributed by atoms with E-state index in [1.54, 1.807) is 23.4 Å². The van der Waals surface area contributed by atoms with Gasteiger partial charge in [0.15, 0.2) is 17.5 Å². The molecule has 2 fully saturated rings. The number of fused-ring (bicyclic) bond motifs is 1. The minimum absolute atomic E-state index is 0.0241. The van der Waals surface area contributed by atoms with Gasteiger partial charge >= 0.3 is 0 Å². The number of H-pyrrole nitrogens is 1. The topological polar surface area (TPSA) is 96.0 Å². The number of pyridine rings is 1. The number of nitrogens with one attached hydrogen (secondary N) is 2. The van der Waals surface area contributed by atoms with Gasteiger partial charge in [0.25, 0.3) is 5.91 Å². The molecule has 0 spiro atoms. The van der Waals surface area contributed by atoms with Crippen molar-refractivity contribution in [3.63, 3.8) is 0 Å². The highest BCUT2D eigenvalue weighted by atomic mass is 35.5. The highest BCUT2D eigenvalue weighted by Gasteiger charge is 2.32. The summed E-state index contributed by atoms with van der Waals surface area (Å²) in [7, 11) is 0. The molecule has 8 nitrogen and oxygen atoms in total. The summed E-state index contributed by atoms with van der Waals surface area (Å²) in [5.41, 5.74) is 1.34. The molecule has 0 bridgehead atoms. The van der Waals surface area contributed by atoms with Crippen LogP contribution in [0.25, 0.3) is 22.4 Å². The number of aromatic nitrogens is 4. The minimum Gasteiger partial charge on any atom is -0.368 e. The lowest BCUT2D eigenvalue weighted by Crippen LogP contribution is -2.41. The number of carbonyl (C=O) groups excluding carboxylic acids is 1. The van der Waals surface area contributed by atoms with Crippen LogP contribution in [-0.2, 0) is 9.53 Å². The fraction of sp³-hybridized carbons (Fsp3) is 0.429. The van der Waals surface area contributed by atoms with E-state index in [2.05, 4.69) is 25.3 Å². The summed E-state index contributed by atoms with van der Waals surface area (Å²) in [5.74, 6) is -0.0422. The van der Waals surface area contributed by atoms with Gasteiger partial charge in [0, 0.05) is 49.1 Å². The number of amides is 1. The monoisotopic (exact) mass is 444 g/mol. The van der Waals surface area contributed by atoms with E-state index in [1.807, 2.05) is 0 Å². The van der Waals surface area contributed by atoms with Gasteiger partial charge in [-0.3, -0.25) is 4.79 Å². The zero-order chi connectivity index (χ0) is 21.4. The normalized spacial score (nSPS) is 21.5. The SMILES string of the molecule is O=C(C1CCCCO1)N1CC[C@H](Nc2nc(-c3c[nH]c4ncc(Cl)cc34)ncc2F)C1. The molecule has 2 N–H and O–H groups in total. The molecule has 0 saturated carbocycles. The van der Waals surface area contributed by atoms with E-state index in [9.17, 15) is 9.18 Å². The lowest BCUT2D eigenvalue weighted by Gasteiger charge is -2.26. The standard InChI is InChI=1S/C21H22ClFN6O2/c22-12-7-14-15(9-25-18(14)24-8-12)19-26-10-16(23)20(28-19)27-13-4-5-29(11-13)21(30)17-3-1-2-6-31-17/h7-10,13,17H,1-6,11H2,(H,24,25)(H,26,27,28)/t13-,17?/m0/s1. The molecule has 31 heavy (non-hydrogen) atoms. The highest BCUT2D eigenvalue weighted by molar-refractivity contribution is 6.31. The Bertz CT molecular complexity index is 1120. The van der Waals surface area contributed by atoms with Gasteiger partial charge in [-0.05, 0) is 31.7 Å². The lowest BCUT2D eigenvalue weighted by atomic mass is 10.1. The van der Waals surface area contributed by atoms with Gasteiger partial charge in [0.1, 0.15) is 11.8 Å². The third kappa shape index (κ3) is 4.07. The average molecular weight is 445 g/mol. The molecule has 3 aromatic heterocycles. The quantitative estimate of drug-likeness (QED) is 0.640. The van der Waals surface area contributed by atoms with Crippen LogP contribution in [0.2, 0.25) is 5.02 Å². The highest BCUT2D eigenvalue weighted by Crippen LogP contribution is 2.29. The van der Waals surface area contributed by atoms with E-state index in [1.165, 1.54) is 0 Å². The number of hydrogen-bond donors (Lipinski definition) is 2. The summed E-state index contributed by atoms with van der Waals surface area (Å²) in [4.78, 5) is 30.3. The van der Waals surface area contributed by atoms with Crippen LogP contribution in [0, 0.1) is 5.82 Å². The summed E-state index contributed by atoms with van der Waals surface area (Å²) < 4.78 is 20.1. The summed E-state index contributed by atoms with van der Waals surface area (Å²) in [5, 5.41) is 4.40. The van der Waals surface area contributed by atoms with Crippen LogP contribution in [0.1, 0.15) is 25.7 Å². The molecule has 2 saturated heterocycles. The third-order valence-corrected chi connectivity index (χ3v) is 5.99. The maximum Gasteiger partial charge on any atom is 0.251 e. The van der Waals surface area contributed by atoms with Crippen LogP contribution in [-0.4, -0.2) is 62.6 Å². The number of likely N-dealkylation sites (tertiary alicyclic amines) is 1. The van der Waals surface area contributed by atoms with Gasteiger partial charge < -0.3 is 19.9 Å². The Morgan fingerprint density at radius 2 is 2.19 bits per heavy atom. The minimum atomic E-state index is -0.542. The van der Waals surface area contributed by atoms with Crippen molar-refractivity contribution < 1.29 is 13.9 Å². The number of rotatable bonds is 4. The third-order valence-electron chi connectivity index (χ3n) is 5.78. The fourth-order valence-electron chi connectivity index (χ4n) is 4.17. The lowest BCUT2D eigenvalue weighted by molar-refractivity contribution is -0.145. The molecule has 1 amide bonds. The fourth-order valence-corrected chi connectivity index (χ4v) is 4.33. The van der Waals surface area contributed by atoms with E-state index < -0.39 is 5.82 Å². The van der Waals surface area contributed by atoms with Crippen LogP contribution in [0.5, 0.6) is 0 Å². The van der Waals surface area contributed by atoms with Crippen LogP contribution in [0.3, 0.4) is 0 Å². The molecule has 10 heteroatoms. The van der Waals surface area contributed by atoms with Crippen molar-refractivity contribution in [2.75, 3.05) is 25.0 Å². The van der Waals surface area contributed by atoms with Crippen molar-refractivity contribution in [1.82, 2.24) is 24.8 Å². The molecule has 1 unspecified atom stereocenters. The molecule has 0 radical (unpaired) electrons. The second-order valence-electron chi connectivity index (χ2n) is 7.91.